The Bertz CT molecular complexity index is 1100. The molecule has 0 bridgehead atoms. The van der Waals surface area contributed by atoms with E-state index in [4.69, 9.17) is 0 Å². The van der Waals surface area contributed by atoms with Crippen LogP contribution >= 0.6 is 0 Å². The van der Waals surface area contributed by atoms with Gasteiger partial charge in [0.1, 0.15) is 5.82 Å². The highest BCUT2D eigenvalue weighted by molar-refractivity contribution is 5.97. The lowest BCUT2D eigenvalue weighted by atomic mass is 9.88. The Morgan fingerprint density at radius 2 is 1.79 bits per heavy atom. The van der Waals surface area contributed by atoms with Crippen LogP contribution in [0, 0.1) is 11.7 Å². The molecular formula is C26H29FN4O2. The number of benzene rings is 1. The van der Waals surface area contributed by atoms with Gasteiger partial charge in [-0.3, -0.25) is 9.59 Å². The van der Waals surface area contributed by atoms with Gasteiger partial charge in [0.25, 0.3) is 5.91 Å². The molecule has 0 saturated carbocycles. The van der Waals surface area contributed by atoms with Gasteiger partial charge in [0, 0.05) is 36.8 Å². The number of carbonyl (C=O) groups excluding carboxylic acids is 2. The third-order valence-corrected chi connectivity index (χ3v) is 7.09. The fraction of sp³-hybridized carbons (Fsp3) is 0.423. The molecule has 1 amide bonds. The molecule has 0 N–H and O–H groups in total. The van der Waals surface area contributed by atoms with E-state index in [2.05, 4.69) is 10.00 Å². The Balaban J connectivity index is 1.13. The number of rotatable bonds is 6. The Kier molecular flexibility index (Phi) is 6.22. The summed E-state index contributed by atoms with van der Waals surface area (Å²) in [6.07, 6.45) is 6.50. The predicted octanol–water partition coefficient (Wildman–Crippen LogP) is 4.06. The third-order valence-electron chi connectivity index (χ3n) is 7.09. The summed E-state index contributed by atoms with van der Waals surface area (Å²) in [6, 6.07) is 13.8. The molecule has 172 valence electrons. The Morgan fingerprint density at radius 3 is 2.55 bits per heavy atom. The van der Waals surface area contributed by atoms with Gasteiger partial charge in [-0.2, -0.15) is 5.10 Å². The molecule has 6 nitrogen and oxygen atoms in total. The number of nitrogens with zero attached hydrogens (tertiary/aromatic N) is 4. The number of amides is 1. The van der Waals surface area contributed by atoms with Crippen LogP contribution in [-0.4, -0.2) is 63.3 Å². The molecule has 2 saturated heterocycles. The van der Waals surface area contributed by atoms with Gasteiger partial charge in [0.2, 0.25) is 0 Å². The van der Waals surface area contributed by atoms with Crippen LogP contribution in [0.4, 0.5) is 4.39 Å². The quantitative estimate of drug-likeness (QED) is 0.534. The number of pyridine rings is 1. The summed E-state index contributed by atoms with van der Waals surface area (Å²) in [5.41, 5.74) is 2.03. The fourth-order valence-corrected chi connectivity index (χ4v) is 5.19. The highest BCUT2D eigenvalue weighted by Gasteiger charge is 2.32. The maximum atomic E-state index is 13.1. The van der Waals surface area contributed by atoms with Crippen LogP contribution in [0.15, 0.2) is 54.7 Å². The normalized spacial score (nSPS) is 19.9. The van der Waals surface area contributed by atoms with E-state index in [1.807, 2.05) is 35.4 Å². The molecule has 2 aliphatic heterocycles. The summed E-state index contributed by atoms with van der Waals surface area (Å²) in [6.45, 7) is 3.47. The number of halogens is 1. The maximum Gasteiger partial charge on any atom is 0.274 e. The molecule has 3 aromatic rings. The lowest BCUT2D eigenvalue weighted by molar-refractivity contribution is 0.0699. The SMILES string of the molecule is O=C(c1ccc(F)cc1)C1CCN(CC[C@@H]2CCCN2C(=O)c2cc3ccccn3n2)CC1. The van der Waals surface area contributed by atoms with Crippen molar-refractivity contribution >= 4 is 17.2 Å². The summed E-state index contributed by atoms with van der Waals surface area (Å²) in [5.74, 6) is -0.173. The number of likely N-dealkylation sites (tertiary alicyclic amines) is 2. The number of carbonyl (C=O) groups is 2. The molecular weight excluding hydrogens is 419 g/mol. The largest absolute Gasteiger partial charge is 0.334 e. The lowest BCUT2D eigenvalue weighted by Crippen LogP contribution is -2.41. The van der Waals surface area contributed by atoms with Crippen molar-refractivity contribution < 1.29 is 14.0 Å². The van der Waals surface area contributed by atoms with E-state index in [9.17, 15) is 14.0 Å². The Labute approximate surface area is 193 Å². The summed E-state index contributed by atoms with van der Waals surface area (Å²) in [5, 5.41) is 4.46. The standard InChI is InChI=1S/C26H29FN4O2/c27-21-8-6-19(7-9-21)25(32)20-10-15-29(16-11-20)17-12-22-5-3-13-30(22)26(33)24-18-23-4-1-2-14-31(23)28-24/h1-2,4,6-9,14,18,20,22H,3,5,10-13,15-17H2/t22-/m0/s1. The monoisotopic (exact) mass is 448 g/mol. The highest BCUT2D eigenvalue weighted by atomic mass is 19.1. The minimum atomic E-state index is -0.318. The van der Waals surface area contributed by atoms with E-state index in [0.717, 1.165) is 63.8 Å². The molecule has 1 atom stereocenters. The zero-order valence-corrected chi connectivity index (χ0v) is 18.7. The van der Waals surface area contributed by atoms with Gasteiger partial charge >= 0.3 is 0 Å². The van der Waals surface area contributed by atoms with Crippen molar-refractivity contribution in [1.82, 2.24) is 19.4 Å². The van der Waals surface area contributed by atoms with Crippen LogP contribution in [0.5, 0.6) is 0 Å². The molecule has 4 heterocycles. The second-order valence-corrected chi connectivity index (χ2v) is 9.17. The minimum Gasteiger partial charge on any atom is -0.334 e. The van der Waals surface area contributed by atoms with Gasteiger partial charge in [0.15, 0.2) is 11.5 Å². The Hall–Kier alpha value is -3.06. The topological polar surface area (TPSA) is 57.9 Å². The zero-order chi connectivity index (χ0) is 22.8. The molecule has 2 fully saturated rings. The van der Waals surface area contributed by atoms with Gasteiger partial charge in [-0.15, -0.1) is 0 Å². The van der Waals surface area contributed by atoms with Crippen LogP contribution in [0.2, 0.25) is 0 Å². The molecule has 0 aliphatic carbocycles. The maximum absolute atomic E-state index is 13.1. The van der Waals surface area contributed by atoms with Crippen molar-refractivity contribution in [2.75, 3.05) is 26.2 Å². The minimum absolute atomic E-state index is 0.00585. The zero-order valence-electron chi connectivity index (χ0n) is 18.7. The number of fused-ring (bicyclic) bond motifs is 1. The molecule has 0 spiro atoms. The smallest absolute Gasteiger partial charge is 0.274 e. The first-order valence-electron chi connectivity index (χ1n) is 11.9. The number of piperidine rings is 1. The first-order valence-corrected chi connectivity index (χ1v) is 11.9. The first kappa shape index (κ1) is 21.8. The average molecular weight is 449 g/mol. The van der Waals surface area contributed by atoms with Crippen molar-refractivity contribution in [3.63, 3.8) is 0 Å². The van der Waals surface area contributed by atoms with Crippen molar-refractivity contribution in [2.45, 2.75) is 38.1 Å². The molecule has 33 heavy (non-hydrogen) atoms. The van der Waals surface area contributed by atoms with Crippen LogP contribution < -0.4 is 0 Å². The first-order chi connectivity index (χ1) is 16.1. The van der Waals surface area contributed by atoms with Crippen molar-refractivity contribution in [3.05, 3.63) is 71.8 Å². The number of Topliss-reactive ketones (excluding diaryl/α,β-unsaturated/α-hetero) is 1. The Morgan fingerprint density at radius 1 is 1.00 bits per heavy atom. The van der Waals surface area contributed by atoms with E-state index in [-0.39, 0.29) is 29.5 Å². The number of aromatic nitrogens is 2. The average Bonchev–Trinajstić information content (AvgIpc) is 3.50. The van der Waals surface area contributed by atoms with Gasteiger partial charge in [-0.05, 0) is 87.7 Å². The predicted molar refractivity (Wildman–Crippen MR) is 124 cm³/mol. The van der Waals surface area contributed by atoms with Gasteiger partial charge in [-0.25, -0.2) is 8.91 Å². The fourth-order valence-electron chi connectivity index (χ4n) is 5.19. The van der Waals surface area contributed by atoms with E-state index in [0.29, 0.717) is 11.3 Å². The van der Waals surface area contributed by atoms with Crippen molar-refractivity contribution in [2.24, 2.45) is 5.92 Å². The lowest BCUT2D eigenvalue weighted by Gasteiger charge is -2.33. The number of hydrogen-bond donors (Lipinski definition) is 0. The van der Waals surface area contributed by atoms with Crippen LogP contribution in [-0.2, 0) is 0 Å². The van der Waals surface area contributed by atoms with E-state index in [1.54, 1.807) is 16.6 Å². The molecule has 5 rings (SSSR count). The third kappa shape index (κ3) is 4.69. The highest BCUT2D eigenvalue weighted by Crippen LogP contribution is 2.26. The molecule has 2 aromatic heterocycles. The summed E-state index contributed by atoms with van der Waals surface area (Å²) >= 11 is 0. The van der Waals surface area contributed by atoms with Crippen LogP contribution in [0.3, 0.4) is 0 Å². The van der Waals surface area contributed by atoms with Crippen LogP contribution in [0.1, 0.15) is 53.0 Å². The summed E-state index contributed by atoms with van der Waals surface area (Å²) in [7, 11) is 0. The van der Waals surface area contributed by atoms with Gasteiger partial charge in [0.05, 0.1) is 5.52 Å². The van der Waals surface area contributed by atoms with Crippen LogP contribution in [0.25, 0.3) is 5.52 Å². The summed E-state index contributed by atoms with van der Waals surface area (Å²) < 4.78 is 14.9. The van der Waals surface area contributed by atoms with Crippen molar-refractivity contribution in [1.29, 1.82) is 0 Å². The molecule has 0 radical (unpaired) electrons. The van der Waals surface area contributed by atoms with Gasteiger partial charge < -0.3 is 9.80 Å². The summed E-state index contributed by atoms with van der Waals surface area (Å²) in [4.78, 5) is 30.2. The second kappa shape index (κ2) is 9.43. The number of ketones is 1. The molecule has 1 aromatic carbocycles. The van der Waals surface area contributed by atoms with E-state index < -0.39 is 0 Å². The number of hydrogen-bond acceptors (Lipinski definition) is 4. The molecule has 0 unspecified atom stereocenters. The van der Waals surface area contributed by atoms with E-state index >= 15 is 0 Å². The second-order valence-electron chi connectivity index (χ2n) is 9.17. The van der Waals surface area contributed by atoms with Crippen molar-refractivity contribution in [3.8, 4) is 0 Å². The molecule has 7 heteroatoms. The molecule has 2 aliphatic rings. The van der Waals surface area contributed by atoms with Gasteiger partial charge in [-0.1, -0.05) is 6.07 Å². The van der Waals surface area contributed by atoms with E-state index in [1.165, 1.54) is 12.1 Å².